The molecule has 0 bridgehead atoms. The van der Waals surface area contributed by atoms with Gasteiger partial charge in [0.2, 0.25) is 0 Å². The molecule has 1 nitrogen and oxygen atoms in total. The zero-order valence-corrected chi connectivity index (χ0v) is 16.3. The maximum Gasteiger partial charge on any atom is 1.00 e. The number of hydrogen-bond acceptors (Lipinski definition) is 1. The van der Waals surface area contributed by atoms with Gasteiger partial charge in [-0.3, -0.25) is 0 Å². The van der Waals surface area contributed by atoms with Gasteiger partial charge in [0.05, 0.1) is 0 Å². The summed E-state index contributed by atoms with van der Waals surface area (Å²) in [5.41, 5.74) is 0. The van der Waals surface area contributed by atoms with Crippen molar-refractivity contribution in [3.8, 4) is 5.92 Å². The van der Waals surface area contributed by atoms with Crippen molar-refractivity contribution < 1.29 is 23.3 Å². The molecular weight excluding hydrogens is 303 g/mol. The molecule has 24 heavy (non-hydrogen) atoms. The first-order valence-corrected chi connectivity index (χ1v) is 10.1. The Balaban J connectivity index is 0.00000288. The Labute approximate surface area is 160 Å². The third-order valence-electron chi connectivity index (χ3n) is 4.18. The average Bonchev–Trinajstić information content (AvgIpc) is 2.55. The van der Waals surface area contributed by atoms with Crippen LogP contribution in [0.15, 0.2) is 60.7 Å². The Kier molecular flexibility index (Phi) is 8.07. The van der Waals surface area contributed by atoms with Crippen molar-refractivity contribution in [3.05, 3.63) is 67.1 Å². The molecule has 0 saturated heterocycles. The van der Waals surface area contributed by atoms with E-state index in [1.54, 1.807) is 0 Å². The molecule has 120 valence electrons. The monoisotopic (exact) mass is 328 g/mol. The Morgan fingerprint density at radius 1 is 0.917 bits per heavy atom. The molecule has 0 amide bonds. The van der Waals surface area contributed by atoms with Gasteiger partial charge in [0, 0.05) is 6.61 Å². The van der Waals surface area contributed by atoms with E-state index in [9.17, 15) is 0 Å². The summed E-state index contributed by atoms with van der Waals surface area (Å²) in [5.74, 6) is 2.46. The van der Waals surface area contributed by atoms with Gasteiger partial charge in [-0.15, -0.1) is 0 Å². The van der Waals surface area contributed by atoms with Crippen LogP contribution < -0.4 is 29.2 Å². The summed E-state index contributed by atoms with van der Waals surface area (Å²) >= 11 is 0. The fourth-order valence-electron chi connectivity index (χ4n) is 3.15. The molecule has 0 N–H and O–H groups in total. The number of benzene rings is 2. The Morgan fingerprint density at radius 3 is 1.75 bits per heavy atom. The largest absolute Gasteiger partial charge is 1.00 e. The number of unbranched alkanes of at least 4 members (excludes halogenated alkanes) is 1. The Hall–Kier alpha value is -1.23. The van der Waals surface area contributed by atoms with Gasteiger partial charge in [-0.1, -0.05) is 81.4 Å². The van der Waals surface area contributed by atoms with Crippen molar-refractivity contribution in [1.29, 1.82) is 0 Å². The molecule has 2 aromatic carbocycles. The molecule has 0 heterocycles. The summed E-state index contributed by atoms with van der Waals surface area (Å²) in [7, 11) is -2.39. The van der Waals surface area contributed by atoms with E-state index >= 15 is 0 Å². The third-order valence-corrected chi connectivity index (χ3v) is 9.22. The van der Waals surface area contributed by atoms with Crippen molar-refractivity contribution >= 4 is 18.7 Å². The average molecular weight is 328 g/mol. The number of rotatable bonds is 6. The Bertz CT molecular complexity index is 602. The molecule has 0 unspecified atom stereocenters. The van der Waals surface area contributed by atoms with E-state index in [0.29, 0.717) is 13.0 Å². The standard InChI is InChI=1S/C21H25OSi.Li/c1-5-6-13-18-22-23(21(2,3)4,19-14-9-7-10-15-19)20-16-11-8-12-17-20;/h7-12,14-17H,6,13,18H2,2-4H3;/q-1;+1. The molecule has 2 aromatic rings. The summed E-state index contributed by atoms with van der Waals surface area (Å²) in [6.45, 7) is 7.50. The predicted molar refractivity (Wildman–Crippen MR) is 99.9 cm³/mol. The fraction of sp³-hybridized carbons (Fsp3) is 0.333. The van der Waals surface area contributed by atoms with Gasteiger partial charge in [-0.25, -0.2) is 0 Å². The minimum atomic E-state index is -2.39. The SMILES string of the molecule is [C-]#CCCCO[Si](c1ccccc1)(c1ccccc1)C(C)(C)C.[Li+]. The summed E-state index contributed by atoms with van der Waals surface area (Å²) in [6, 6.07) is 21.3. The van der Waals surface area contributed by atoms with Crippen LogP contribution in [0.1, 0.15) is 33.6 Å². The molecule has 0 aliphatic carbocycles. The second-order valence-corrected chi connectivity index (χ2v) is 11.1. The van der Waals surface area contributed by atoms with Gasteiger partial charge in [0.15, 0.2) is 0 Å². The van der Waals surface area contributed by atoms with E-state index in [2.05, 4.69) is 87.4 Å². The van der Waals surface area contributed by atoms with Crippen molar-refractivity contribution in [2.75, 3.05) is 6.61 Å². The normalized spacial score (nSPS) is 11.4. The van der Waals surface area contributed by atoms with Gasteiger partial charge in [0.1, 0.15) is 0 Å². The van der Waals surface area contributed by atoms with Crippen LogP contribution in [-0.4, -0.2) is 14.9 Å². The molecule has 0 radical (unpaired) electrons. The van der Waals surface area contributed by atoms with Gasteiger partial charge in [0.25, 0.3) is 8.32 Å². The van der Waals surface area contributed by atoms with Crippen LogP contribution in [0.3, 0.4) is 0 Å². The maximum absolute atomic E-state index is 7.09. The van der Waals surface area contributed by atoms with E-state index in [1.165, 1.54) is 10.4 Å². The quantitative estimate of drug-likeness (QED) is 0.332. The zero-order chi connectivity index (χ0) is 16.8. The first-order chi connectivity index (χ1) is 11.0. The van der Waals surface area contributed by atoms with Crippen LogP contribution in [0.4, 0.5) is 0 Å². The molecule has 3 heteroatoms. The van der Waals surface area contributed by atoms with Crippen LogP contribution in [-0.2, 0) is 4.43 Å². The van der Waals surface area contributed by atoms with Gasteiger partial charge in [-0.05, 0) is 28.3 Å². The van der Waals surface area contributed by atoms with E-state index in [-0.39, 0.29) is 23.9 Å². The van der Waals surface area contributed by atoms with E-state index in [1.807, 2.05) is 0 Å². The van der Waals surface area contributed by atoms with Crippen LogP contribution >= 0.6 is 0 Å². The summed E-state index contributed by atoms with van der Waals surface area (Å²) < 4.78 is 6.68. The minimum Gasteiger partial charge on any atom is -0.694 e. The summed E-state index contributed by atoms with van der Waals surface area (Å²) in [6.07, 6.45) is 8.59. The molecule has 0 spiro atoms. The van der Waals surface area contributed by atoms with Crippen LogP contribution in [0, 0.1) is 12.3 Å². The molecule has 0 fully saturated rings. The van der Waals surface area contributed by atoms with Crippen molar-refractivity contribution in [1.82, 2.24) is 0 Å². The zero-order valence-electron chi connectivity index (χ0n) is 15.3. The minimum absolute atomic E-state index is 0. The Morgan fingerprint density at radius 2 is 1.38 bits per heavy atom. The maximum atomic E-state index is 7.09. The summed E-state index contributed by atoms with van der Waals surface area (Å²) in [5, 5.41) is 2.62. The molecule has 0 aliphatic rings. The van der Waals surface area contributed by atoms with Gasteiger partial charge in [-0.2, -0.15) is 0 Å². The van der Waals surface area contributed by atoms with Crippen LogP contribution in [0.5, 0.6) is 0 Å². The van der Waals surface area contributed by atoms with Gasteiger partial charge < -0.3 is 16.8 Å². The van der Waals surface area contributed by atoms with E-state index in [4.69, 9.17) is 10.8 Å². The predicted octanol–water partition coefficient (Wildman–Crippen LogP) is 0.937. The van der Waals surface area contributed by atoms with Crippen molar-refractivity contribution in [2.45, 2.75) is 38.7 Å². The van der Waals surface area contributed by atoms with Crippen molar-refractivity contribution in [3.63, 3.8) is 0 Å². The van der Waals surface area contributed by atoms with Crippen molar-refractivity contribution in [2.24, 2.45) is 0 Å². The fourth-order valence-corrected chi connectivity index (χ4v) is 7.75. The molecule has 0 atom stereocenters. The molecule has 0 aromatic heterocycles. The molecule has 0 saturated carbocycles. The van der Waals surface area contributed by atoms with Crippen LogP contribution in [0.2, 0.25) is 5.04 Å². The topological polar surface area (TPSA) is 9.23 Å². The first-order valence-electron chi connectivity index (χ1n) is 8.17. The molecular formula is C21H25LiOSi. The smallest absolute Gasteiger partial charge is 0.694 e. The van der Waals surface area contributed by atoms with Gasteiger partial charge >= 0.3 is 18.9 Å². The summed E-state index contributed by atoms with van der Waals surface area (Å²) in [4.78, 5) is 0. The second kappa shape index (κ2) is 9.31. The van der Waals surface area contributed by atoms with E-state index < -0.39 is 8.32 Å². The second-order valence-electron chi connectivity index (χ2n) is 6.79. The third kappa shape index (κ3) is 4.44. The molecule has 0 aliphatic heterocycles. The van der Waals surface area contributed by atoms with Crippen LogP contribution in [0.25, 0.3) is 0 Å². The first kappa shape index (κ1) is 20.8. The number of hydrogen-bond donors (Lipinski definition) is 0. The molecule has 2 rings (SSSR count). The van der Waals surface area contributed by atoms with E-state index in [0.717, 1.165) is 6.42 Å².